The van der Waals surface area contributed by atoms with Crippen LogP contribution in [0.25, 0.3) is 27.8 Å². The zero-order valence-electron chi connectivity index (χ0n) is 18.0. The molecule has 33 heavy (non-hydrogen) atoms. The van der Waals surface area contributed by atoms with Gasteiger partial charge < -0.3 is 4.90 Å². The number of carbonyl (C=O) groups excluding carboxylic acids is 1. The molecule has 1 aromatic carbocycles. The lowest BCUT2D eigenvalue weighted by Crippen LogP contribution is -2.39. The van der Waals surface area contributed by atoms with Crippen LogP contribution in [0.15, 0.2) is 79.3 Å². The lowest BCUT2D eigenvalue weighted by Gasteiger charge is -2.32. The van der Waals surface area contributed by atoms with Crippen LogP contribution in [0, 0.1) is 0 Å². The predicted octanol–water partition coefficient (Wildman–Crippen LogP) is 4.36. The highest BCUT2D eigenvalue weighted by atomic mass is 16.2. The number of hydrogen-bond donors (Lipinski definition) is 0. The first-order valence-corrected chi connectivity index (χ1v) is 11.2. The van der Waals surface area contributed by atoms with Crippen molar-refractivity contribution in [3.63, 3.8) is 0 Å². The van der Waals surface area contributed by atoms with Gasteiger partial charge in [-0.2, -0.15) is 0 Å². The molecule has 0 saturated carbocycles. The van der Waals surface area contributed by atoms with Gasteiger partial charge in [0.25, 0.3) is 5.91 Å². The number of fused-ring (bicyclic) bond motifs is 2. The van der Waals surface area contributed by atoms with Gasteiger partial charge in [0.15, 0.2) is 5.65 Å². The minimum absolute atomic E-state index is 0.0300. The first-order valence-electron chi connectivity index (χ1n) is 11.2. The average molecular weight is 435 g/mol. The van der Waals surface area contributed by atoms with Crippen LogP contribution >= 0.6 is 0 Å². The molecule has 0 aliphatic carbocycles. The van der Waals surface area contributed by atoms with E-state index >= 15 is 0 Å². The molecule has 0 spiro atoms. The van der Waals surface area contributed by atoms with Crippen LogP contribution in [0.3, 0.4) is 0 Å². The fourth-order valence-corrected chi connectivity index (χ4v) is 4.70. The Labute approximate surface area is 190 Å². The van der Waals surface area contributed by atoms with Crippen molar-refractivity contribution < 1.29 is 4.79 Å². The number of nitrogens with zero attached hydrogens (tertiary/aromatic N) is 6. The van der Waals surface area contributed by atoms with Crippen LogP contribution < -0.4 is 0 Å². The third kappa shape index (κ3) is 3.51. The molecule has 6 rings (SSSR count). The standard InChI is InChI=1S/C26H22N6O/c33-26(31-14-5-6-19(17-31)25-30-29-24-9-3-4-15-32(24)25)21-16-23(18-10-12-27-13-11-18)28-22-8-2-1-7-20(21)22/h1-4,7-13,15-16,19H,5-6,14,17H2. The summed E-state index contributed by atoms with van der Waals surface area (Å²) in [6, 6.07) is 19.5. The summed E-state index contributed by atoms with van der Waals surface area (Å²) in [6.45, 7) is 1.35. The van der Waals surface area contributed by atoms with Crippen LogP contribution in [-0.4, -0.2) is 48.5 Å². The summed E-state index contributed by atoms with van der Waals surface area (Å²) < 4.78 is 2.03. The maximum atomic E-state index is 13.8. The topological polar surface area (TPSA) is 76.3 Å². The van der Waals surface area contributed by atoms with E-state index < -0.39 is 0 Å². The minimum atomic E-state index is 0.0300. The van der Waals surface area contributed by atoms with Gasteiger partial charge >= 0.3 is 0 Å². The number of benzene rings is 1. The summed E-state index contributed by atoms with van der Waals surface area (Å²) in [5.41, 5.74) is 4.04. The third-order valence-corrected chi connectivity index (χ3v) is 6.34. The Kier molecular flexibility index (Phi) is 4.79. The van der Waals surface area contributed by atoms with E-state index in [1.165, 1.54) is 0 Å². The van der Waals surface area contributed by atoms with E-state index in [-0.39, 0.29) is 11.8 Å². The van der Waals surface area contributed by atoms with Crippen LogP contribution in [0.2, 0.25) is 0 Å². The molecular formula is C26H22N6O. The molecule has 0 N–H and O–H groups in total. The van der Waals surface area contributed by atoms with E-state index in [0.717, 1.165) is 53.0 Å². The maximum Gasteiger partial charge on any atom is 0.254 e. The largest absolute Gasteiger partial charge is 0.338 e. The van der Waals surface area contributed by atoms with Gasteiger partial charge in [-0.05, 0) is 49.2 Å². The Hall–Kier alpha value is -4.13. The summed E-state index contributed by atoms with van der Waals surface area (Å²) in [5.74, 6) is 1.09. The van der Waals surface area contributed by atoms with Gasteiger partial charge in [-0.15, -0.1) is 10.2 Å². The Morgan fingerprint density at radius 3 is 2.73 bits per heavy atom. The molecule has 5 aromatic rings. The molecule has 1 aliphatic rings. The zero-order chi connectivity index (χ0) is 22.2. The second kappa shape index (κ2) is 8.09. The molecule has 7 heteroatoms. The van der Waals surface area contributed by atoms with E-state index in [9.17, 15) is 4.79 Å². The number of aromatic nitrogens is 5. The highest BCUT2D eigenvalue weighted by molar-refractivity contribution is 6.07. The van der Waals surface area contributed by atoms with Gasteiger partial charge in [-0.25, -0.2) is 4.98 Å². The molecule has 0 radical (unpaired) electrons. The number of carbonyl (C=O) groups is 1. The number of likely N-dealkylation sites (tertiary alicyclic amines) is 1. The molecule has 162 valence electrons. The molecule has 5 heterocycles. The predicted molar refractivity (Wildman–Crippen MR) is 126 cm³/mol. The van der Waals surface area contributed by atoms with Crippen molar-refractivity contribution in [2.45, 2.75) is 18.8 Å². The second-order valence-electron chi connectivity index (χ2n) is 8.39. The molecule has 1 unspecified atom stereocenters. The molecular weight excluding hydrogens is 412 g/mol. The van der Waals surface area contributed by atoms with Crippen LogP contribution in [-0.2, 0) is 0 Å². The van der Waals surface area contributed by atoms with Crippen molar-refractivity contribution in [3.05, 3.63) is 90.6 Å². The normalized spacial score (nSPS) is 16.4. The van der Waals surface area contributed by atoms with E-state index in [1.54, 1.807) is 12.4 Å². The lowest BCUT2D eigenvalue weighted by molar-refractivity contribution is 0.0706. The van der Waals surface area contributed by atoms with Crippen LogP contribution in [0.4, 0.5) is 0 Å². The number of amides is 1. The summed E-state index contributed by atoms with van der Waals surface area (Å²) in [6.07, 6.45) is 7.39. The van der Waals surface area contributed by atoms with Crippen LogP contribution in [0.1, 0.15) is 34.9 Å². The molecule has 4 aromatic heterocycles. The summed E-state index contributed by atoms with van der Waals surface area (Å²) in [7, 11) is 0. The average Bonchev–Trinajstić information content (AvgIpc) is 3.32. The van der Waals surface area contributed by atoms with Crippen molar-refractivity contribution >= 4 is 22.5 Å². The second-order valence-corrected chi connectivity index (χ2v) is 8.39. The maximum absolute atomic E-state index is 13.8. The van der Waals surface area contributed by atoms with Gasteiger partial charge in [0.2, 0.25) is 0 Å². The first-order chi connectivity index (χ1) is 16.3. The van der Waals surface area contributed by atoms with E-state index in [2.05, 4.69) is 15.2 Å². The number of piperidine rings is 1. The summed E-state index contributed by atoms with van der Waals surface area (Å²) in [5, 5.41) is 9.62. The molecule has 1 fully saturated rings. The number of rotatable bonds is 3. The fraction of sp³-hybridized carbons (Fsp3) is 0.192. The fourth-order valence-electron chi connectivity index (χ4n) is 4.70. The van der Waals surface area contributed by atoms with Gasteiger partial charge in [0.1, 0.15) is 5.82 Å². The SMILES string of the molecule is O=C(c1cc(-c2ccncc2)nc2ccccc12)N1CCCC(c2nnc3ccccn23)C1. The van der Waals surface area contributed by atoms with Gasteiger partial charge in [0, 0.05) is 48.5 Å². The molecule has 1 atom stereocenters. The molecule has 7 nitrogen and oxygen atoms in total. The number of pyridine rings is 3. The highest BCUT2D eigenvalue weighted by Gasteiger charge is 2.29. The Balaban J connectivity index is 1.37. The zero-order valence-corrected chi connectivity index (χ0v) is 18.0. The summed E-state index contributed by atoms with van der Waals surface area (Å²) in [4.78, 5) is 24.7. The van der Waals surface area contributed by atoms with Crippen LogP contribution in [0.5, 0.6) is 0 Å². The monoisotopic (exact) mass is 434 g/mol. The highest BCUT2D eigenvalue weighted by Crippen LogP contribution is 2.30. The molecule has 0 bridgehead atoms. The Morgan fingerprint density at radius 1 is 0.970 bits per heavy atom. The van der Waals surface area contributed by atoms with Gasteiger partial charge in [0.05, 0.1) is 16.8 Å². The van der Waals surface area contributed by atoms with E-state index in [0.29, 0.717) is 12.1 Å². The van der Waals surface area contributed by atoms with Crippen molar-refractivity contribution in [2.24, 2.45) is 0 Å². The van der Waals surface area contributed by atoms with Crippen molar-refractivity contribution in [2.75, 3.05) is 13.1 Å². The number of hydrogen-bond acceptors (Lipinski definition) is 5. The minimum Gasteiger partial charge on any atom is -0.338 e. The Morgan fingerprint density at radius 2 is 1.82 bits per heavy atom. The van der Waals surface area contributed by atoms with Crippen molar-refractivity contribution in [3.8, 4) is 11.3 Å². The van der Waals surface area contributed by atoms with Crippen molar-refractivity contribution in [1.82, 2.24) is 29.5 Å². The summed E-state index contributed by atoms with van der Waals surface area (Å²) >= 11 is 0. The van der Waals surface area contributed by atoms with E-state index in [1.807, 2.05) is 76.2 Å². The van der Waals surface area contributed by atoms with Gasteiger partial charge in [-0.1, -0.05) is 24.3 Å². The quantitative estimate of drug-likeness (QED) is 0.422. The van der Waals surface area contributed by atoms with Gasteiger partial charge in [-0.3, -0.25) is 14.2 Å². The van der Waals surface area contributed by atoms with Crippen molar-refractivity contribution in [1.29, 1.82) is 0 Å². The lowest BCUT2D eigenvalue weighted by atomic mass is 9.95. The number of para-hydroxylation sites is 1. The first kappa shape index (κ1) is 19.5. The molecule has 1 aliphatic heterocycles. The van der Waals surface area contributed by atoms with E-state index in [4.69, 9.17) is 4.98 Å². The third-order valence-electron chi connectivity index (χ3n) is 6.34. The molecule has 1 amide bonds. The Bertz CT molecular complexity index is 1460. The smallest absolute Gasteiger partial charge is 0.254 e. The molecule has 1 saturated heterocycles.